The molecule has 0 aliphatic rings. The van der Waals surface area contributed by atoms with E-state index in [1.54, 1.807) is 12.1 Å². The van der Waals surface area contributed by atoms with Crippen molar-refractivity contribution >= 4 is 5.69 Å². The molecule has 0 saturated carbocycles. The molecule has 1 aromatic carbocycles. The standard InChI is InChI=1S/C14H19N3O3/c1-14(2,10-16)6-3-7-20-13-8-11(9-15)4-5-12(13)17(18)19/h4-5,8H,3,6-7,9,15H2,1-2H3. The van der Waals surface area contributed by atoms with Gasteiger partial charge in [0.1, 0.15) is 0 Å². The molecule has 0 radical (unpaired) electrons. The van der Waals surface area contributed by atoms with E-state index >= 15 is 0 Å². The Labute approximate surface area is 118 Å². The predicted molar refractivity (Wildman–Crippen MR) is 75.1 cm³/mol. The number of nitrogens with two attached hydrogens (primary N) is 1. The smallest absolute Gasteiger partial charge is 0.310 e. The Bertz CT molecular complexity index is 521. The molecule has 0 aromatic heterocycles. The van der Waals surface area contributed by atoms with Gasteiger partial charge in [-0.05, 0) is 38.3 Å². The lowest BCUT2D eigenvalue weighted by atomic mass is 9.90. The van der Waals surface area contributed by atoms with Crippen LogP contribution < -0.4 is 10.5 Å². The van der Waals surface area contributed by atoms with E-state index in [2.05, 4.69) is 6.07 Å². The van der Waals surface area contributed by atoms with E-state index in [9.17, 15) is 10.1 Å². The number of nitriles is 1. The molecule has 1 rings (SSSR count). The summed E-state index contributed by atoms with van der Waals surface area (Å²) in [4.78, 5) is 10.4. The van der Waals surface area contributed by atoms with Crippen molar-refractivity contribution in [1.82, 2.24) is 0 Å². The van der Waals surface area contributed by atoms with Crippen LogP contribution in [0.1, 0.15) is 32.3 Å². The van der Waals surface area contributed by atoms with Crippen molar-refractivity contribution in [1.29, 1.82) is 5.26 Å². The minimum atomic E-state index is -0.477. The van der Waals surface area contributed by atoms with E-state index in [1.807, 2.05) is 13.8 Å². The summed E-state index contributed by atoms with van der Waals surface area (Å²) in [5, 5.41) is 19.8. The second-order valence-electron chi connectivity index (χ2n) is 5.21. The summed E-state index contributed by atoms with van der Waals surface area (Å²) in [7, 11) is 0. The molecule has 0 aliphatic heterocycles. The molecule has 0 unspecified atom stereocenters. The molecule has 0 spiro atoms. The third-order valence-corrected chi connectivity index (χ3v) is 2.96. The van der Waals surface area contributed by atoms with Crippen LogP contribution >= 0.6 is 0 Å². The molecule has 1 aromatic rings. The fourth-order valence-corrected chi connectivity index (χ4v) is 1.70. The molecular weight excluding hydrogens is 258 g/mol. The largest absolute Gasteiger partial charge is 0.487 e. The van der Waals surface area contributed by atoms with Gasteiger partial charge >= 0.3 is 5.69 Å². The molecular formula is C14H19N3O3. The molecule has 0 atom stereocenters. The second kappa shape index (κ2) is 6.87. The number of ether oxygens (including phenoxy) is 1. The van der Waals surface area contributed by atoms with Gasteiger partial charge in [0.25, 0.3) is 0 Å². The van der Waals surface area contributed by atoms with Gasteiger partial charge in [-0.3, -0.25) is 10.1 Å². The molecule has 0 heterocycles. The zero-order valence-corrected chi connectivity index (χ0v) is 11.8. The van der Waals surface area contributed by atoms with Crippen molar-refractivity contribution in [3.05, 3.63) is 33.9 Å². The van der Waals surface area contributed by atoms with Crippen LogP contribution in [0.4, 0.5) is 5.69 Å². The van der Waals surface area contributed by atoms with Crippen molar-refractivity contribution < 1.29 is 9.66 Å². The molecule has 0 amide bonds. The zero-order valence-electron chi connectivity index (χ0n) is 11.8. The summed E-state index contributed by atoms with van der Waals surface area (Å²) in [6.45, 7) is 4.34. The Morgan fingerprint density at radius 3 is 2.75 bits per heavy atom. The zero-order chi connectivity index (χ0) is 15.2. The summed E-state index contributed by atoms with van der Waals surface area (Å²) in [5.74, 6) is 0.229. The highest BCUT2D eigenvalue weighted by Gasteiger charge is 2.18. The third kappa shape index (κ3) is 4.52. The highest BCUT2D eigenvalue weighted by molar-refractivity contribution is 5.48. The van der Waals surface area contributed by atoms with Crippen LogP contribution in [0.5, 0.6) is 5.75 Å². The summed E-state index contributed by atoms with van der Waals surface area (Å²) < 4.78 is 5.47. The molecule has 6 heteroatoms. The highest BCUT2D eigenvalue weighted by Crippen LogP contribution is 2.28. The minimum Gasteiger partial charge on any atom is -0.487 e. The number of hydrogen-bond acceptors (Lipinski definition) is 5. The lowest BCUT2D eigenvalue weighted by Gasteiger charge is -2.15. The Morgan fingerprint density at radius 2 is 2.20 bits per heavy atom. The SMILES string of the molecule is CC(C)(C#N)CCCOc1cc(CN)ccc1[N+](=O)[O-]. The molecule has 0 fully saturated rings. The first kappa shape index (κ1) is 15.9. The molecule has 0 bridgehead atoms. The summed E-state index contributed by atoms with van der Waals surface area (Å²) >= 11 is 0. The lowest BCUT2D eigenvalue weighted by molar-refractivity contribution is -0.385. The first-order valence-electron chi connectivity index (χ1n) is 6.41. The monoisotopic (exact) mass is 277 g/mol. The molecule has 0 aliphatic carbocycles. The van der Waals surface area contributed by atoms with Gasteiger partial charge in [-0.2, -0.15) is 5.26 Å². The van der Waals surface area contributed by atoms with E-state index in [-0.39, 0.29) is 11.4 Å². The van der Waals surface area contributed by atoms with Crippen LogP contribution in [-0.2, 0) is 6.54 Å². The Balaban J connectivity index is 2.67. The second-order valence-corrected chi connectivity index (χ2v) is 5.21. The van der Waals surface area contributed by atoms with E-state index < -0.39 is 10.3 Å². The first-order chi connectivity index (χ1) is 9.39. The van der Waals surface area contributed by atoms with Crippen molar-refractivity contribution in [2.75, 3.05) is 6.61 Å². The van der Waals surface area contributed by atoms with Crippen LogP contribution in [0.3, 0.4) is 0 Å². The van der Waals surface area contributed by atoms with Crippen LogP contribution in [0, 0.1) is 26.9 Å². The van der Waals surface area contributed by atoms with Gasteiger partial charge < -0.3 is 10.5 Å². The predicted octanol–water partition coefficient (Wildman–Crippen LogP) is 2.76. The van der Waals surface area contributed by atoms with E-state index in [1.165, 1.54) is 6.07 Å². The average molecular weight is 277 g/mol. The van der Waals surface area contributed by atoms with Crippen LogP contribution in [0.25, 0.3) is 0 Å². The quantitative estimate of drug-likeness (QED) is 0.469. The Morgan fingerprint density at radius 1 is 1.50 bits per heavy atom. The fraction of sp³-hybridized carbons (Fsp3) is 0.500. The topological polar surface area (TPSA) is 102 Å². The normalized spacial score (nSPS) is 10.9. The van der Waals surface area contributed by atoms with Gasteiger partial charge in [0.05, 0.1) is 23.0 Å². The van der Waals surface area contributed by atoms with Gasteiger partial charge in [0, 0.05) is 12.6 Å². The van der Waals surface area contributed by atoms with E-state index in [4.69, 9.17) is 15.7 Å². The third-order valence-electron chi connectivity index (χ3n) is 2.96. The Kier molecular flexibility index (Phi) is 5.47. The van der Waals surface area contributed by atoms with E-state index in [0.717, 1.165) is 5.56 Å². The summed E-state index contributed by atoms with van der Waals surface area (Å²) in [6, 6.07) is 6.81. The molecule has 0 saturated heterocycles. The number of nitro groups is 1. The maximum absolute atomic E-state index is 10.9. The van der Waals surface area contributed by atoms with Crippen molar-refractivity contribution in [2.45, 2.75) is 33.2 Å². The summed E-state index contributed by atoms with van der Waals surface area (Å²) in [5.41, 5.74) is 5.82. The molecule has 6 nitrogen and oxygen atoms in total. The van der Waals surface area contributed by atoms with Gasteiger partial charge in [-0.1, -0.05) is 6.07 Å². The maximum atomic E-state index is 10.9. The fourth-order valence-electron chi connectivity index (χ4n) is 1.70. The van der Waals surface area contributed by atoms with Crippen molar-refractivity contribution in [3.8, 4) is 11.8 Å². The van der Waals surface area contributed by atoms with Crippen LogP contribution in [0.15, 0.2) is 18.2 Å². The van der Waals surface area contributed by atoms with Gasteiger partial charge in [0.2, 0.25) is 0 Å². The summed E-state index contributed by atoms with van der Waals surface area (Å²) in [6.07, 6.45) is 1.33. The number of nitrogens with zero attached hydrogens (tertiary/aromatic N) is 2. The van der Waals surface area contributed by atoms with Crippen LogP contribution in [0.2, 0.25) is 0 Å². The minimum absolute atomic E-state index is 0.0678. The van der Waals surface area contributed by atoms with Crippen molar-refractivity contribution in [3.63, 3.8) is 0 Å². The van der Waals surface area contributed by atoms with Crippen LogP contribution in [-0.4, -0.2) is 11.5 Å². The molecule has 108 valence electrons. The molecule has 20 heavy (non-hydrogen) atoms. The highest BCUT2D eigenvalue weighted by atomic mass is 16.6. The van der Waals surface area contributed by atoms with Gasteiger partial charge in [-0.15, -0.1) is 0 Å². The van der Waals surface area contributed by atoms with Gasteiger partial charge in [-0.25, -0.2) is 0 Å². The first-order valence-corrected chi connectivity index (χ1v) is 6.41. The number of hydrogen-bond donors (Lipinski definition) is 1. The molecule has 2 N–H and O–H groups in total. The van der Waals surface area contributed by atoms with Crippen molar-refractivity contribution in [2.24, 2.45) is 11.1 Å². The number of nitro benzene ring substituents is 1. The van der Waals surface area contributed by atoms with Gasteiger partial charge in [0.15, 0.2) is 5.75 Å². The van der Waals surface area contributed by atoms with E-state index in [0.29, 0.717) is 26.0 Å². The lowest BCUT2D eigenvalue weighted by Crippen LogP contribution is -2.10. The Hall–Kier alpha value is -2.13. The average Bonchev–Trinajstić information content (AvgIpc) is 2.43. The number of rotatable bonds is 7. The number of benzene rings is 1. The maximum Gasteiger partial charge on any atom is 0.310 e.